The number of carbonyl (C=O) groups is 1. The van der Waals surface area contributed by atoms with Gasteiger partial charge >= 0.3 is 0 Å². The van der Waals surface area contributed by atoms with Crippen LogP contribution < -0.4 is 10.6 Å². The quantitative estimate of drug-likeness (QED) is 0.856. The van der Waals surface area contributed by atoms with E-state index >= 15 is 0 Å². The average Bonchev–Trinajstić information content (AvgIpc) is 2.86. The van der Waals surface area contributed by atoms with E-state index in [1.165, 1.54) is 12.1 Å². The van der Waals surface area contributed by atoms with Gasteiger partial charge in [0.2, 0.25) is 5.91 Å². The highest BCUT2D eigenvalue weighted by atomic mass is 19.1. The fourth-order valence-corrected chi connectivity index (χ4v) is 2.42. The van der Waals surface area contributed by atoms with Crippen molar-refractivity contribution in [2.24, 2.45) is 5.41 Å². The van der Waals surface area contributed by atoms with Crippen molar-refractivity contribution in [3.63, 3.8) is 0 Å². The second-order valence-electron chi connectivity index (χ2n) is 4.87. The summed E-state index contributed by atoms with van der Waals surface area (Å²) in [6, 6.07) is 6.32. The number of amides is 1. The van der Waals surface area contributed by atoms with Crippen molar-refractivity contribution >= 4 is 5.91 Å². The molecule has 1 aliphatic rings. The van der Waals surface area contributed by atoms with Crippen LogP contribution in [0.15, 0.2) is 24.3 Å². The minimum absolute atomic E-state index is 0.0688. The van der Waals surface area contributed by atoms with Crippen molar-refractivity contribution in [3.8, 4) is 0 Å². The summed E-state index contributed by atoms with van der Waals surface area (Å²) in [6.45, 7) is 4.05. The minimum Gasteiger partial charge on any atom is -0.352 e. The summed E-state index contributed by atoms with van der Waals surface area (Å²) in [4.78, 5) is 12.2. The van der Waals surface area contributed by atoms with E-state index < -0.39 is 0 Å². The number of hydrogen-bond donors (Lipinski definition) is 2. The summed E-state index contributed by atoms with van der Waals surface area (Å²) in [5, 5.41) is 6.15. The SMILES string of the molecule is CCC1(C(=O)NCc2cccc(F)c2)CCNC1. The summed E-state index contributed by atoms with van der Waals surface area (Å²) in [6.07, 6.45) is 1.70. The molecule has 1 fully saturated rings. The first-order chi connectivity index (χ1) is 8.66. The third-order valence-corrected chi connectivity index (χ3v) is 3.74. The molecule has 1 aromatic rings. The monoisotopic (exact) mass is 250 g/mol. The smallest absolute Gasteiger partial charge is 0.227 e. The van der Waals surface area contributed by atoms with Crippen molar-refractivity contribution in [1.82, 2.24) is 10.6 Å². The van der Waals surface area contributed by atoms with Crippen LogP contribution in [0.3, 0.4) is 0 Å². The van der Waals surface area contributed by atoms with Gasteiger partial charge in [0.25, 0.3) is 0 Å². The normalized spacial score (nSPS) is 23.0. The lowest BCUT2D eigenvalue weighted by atomic mass is 9.83. The maximum Gasteiger partial charge on any atom is 0.227 e. The van der Waals surface area contributed by atoms with Gasteiger partial charge in [-0.25, -0.2) is 4.39 Å². The molecule has 0 aliphatic carbocycles. The number of halogens is 1. The summed E-state index contributed by atoms with van der Waals surface area (Å²) >= 11 is 0. The lowest BCUT2D eigenvalue weighted by Crippen LogP contribution is -2.41. The molecule has 4 heteroatoms. The molecule has 1 aromatic carbocycles. The standard InChI is InChI=1S/C14H19FN2O/c1-2-14(6-7-16-10-14)13(18)17-9-11-4-3-5-12(15)8-11/h3-5,8,16H,2,6-7,9-10H2,1H3,(H,17,18). The molecule has 1 aliphatic heterocycles. The number of nitrogens with one attached hydrogen (secondary N) is 2. The predicted octanol–water partition coefficient (Wildman–Crippen LogP) is 1.83. The molecule has 18 heavy (non-hydrogen) atoms. The molecular weight excluding hydrogens is 231 g/mol. The fraction of sp³-hybridized carbons (Fsp3) is 0.500. The Morgan fingerprint density at radius 2 is 2.39 bits per heavy atom. The van der Waals surface area contributed by atoms with Gasteiger partial charge in [0.1, 0.15) is 5.82 Å². The van der Waals surface area contributed by atoms with E-state index in [0.29, 0.717) is 6.54 Å². The van der Waals surface area contributed by atoms with E-state index in [1.807, 2.05) is 13.0 Å². The molecule has 0 aromatic heterocycles. The van der Waals surface area contributed by atoms with Crippen LogP contribution in [-0.2, 0) is 11.3 Å². The van der Waals surface area contributed by atoms with Crippen molar-refractivity contribution < 1.29 is 9.18 Å². The van der Waals surface area contributed by atoms with Gasteiger partial charge in [-0.2, -0.15) is 0 Å². The number of hydrogen-bond acceptors (Lipinski definition) is 2. The molecule has 1 saturated heterocycles. The zero-order chi connectivity index (χ0) is 13.0. The Hall–Kier alpha value is -1.42. The second kappa shape index (κ2) is 5.48. The number of benzene rings is 1. The Kier molecular flexibility index (Phi) is 3.97. The van der Waals surface area contributed by atoms with Gasteiger partial charge in [0.15, 0.2) is 0 Å². The summed E-state index contributed by atoms with van der Waals surface area (Å²) < 4.78 is 13.0. The maximum atomic E-state index is 13.0. The first-order valence-corrected chi connectivity index (χ1v) is 6.40. The second-order valence-corrected chi connectivity index (χ2v) is 4.87. The Bertz CT molecular complexity index is 428. The Morgan fingerprint density at radius 1 is 1.56 bits per heavy atom. The molecule has 1 amide bonds. The third kappa shape index (κ3) is 2.70. The van der Waals surface area contributed by atoms with Gasteiger partial charge in [0, 0.05) is 13.1 Å². The van der Waals surface area contributed by atoms with E-state index in [-0.39, 0.29) is 17.1 Å². The largest absolute Gasteiger partial charge is 0.352 e. The van der Waals surface area contributed by atoms with E-state index in [1.54, 1.807) is 6.07 Å². The zero-order valence-electron chi connectivity index (χ0n) is 10.6. The molecule has 0 saturated carbocycles. The summed E-state index contributed by atoms with van der Waals surface area (Å²) in [5.41, 5.74) is 0.508. The van der Waals surface area contributed by atoms with Crippen molar-refractivity contribution in [2.75, 3.05) is 13.1 Å². The molecular formula is C14H19FN2O. The van der Waals surface area contributed by atoms with E-state index in [2.05, 4.69) is 10.6 Å². The van der Waals surface area contributed by atoms with Gasteiger partial charge < -0.3 is 10.6 Å². The van der Waals surface area contributed by atoms with Crippen molar-refractivity contribution in [1.29, 1.82) is 0 Å². The van der Waals surface area contributed by atoms with Gasteiger partial charge in [-0.15, -0.1) is 0 Å². The Labute approximate surface area is 107 Å². The molecule has 0 radical (unpaired) electrons. The maximum absolute atomic E-state index is 13.0. The predicted molar refractivity (Wildman–Crippen MR) is 68.5 cm³/mol. The summed E-state index contributed by atoms with van der Waals surface area (Å²) in [5.74, 6) is -0.200. The highest BCUT2D eigenvalue weighted by Gasteiger charge is 2.39. The van der Waals surface area contributed by atoms with E-state index in [0.717, 1.165) is 31.5 Å². The Balaban J connectivity index is 1.95. The lowest BCUT2D eigenvalue weighted by molar-refractivity contribution is -0.130. The number of rotatable bonds is 4. The topological polar surface area (TPSA) is 41.1 Å². The van der Waals surface area contributed by atoms with Crippen LogP contribution in [-0.4, -0.2) is 19.0 Å². The molecule has 1 heterocycles. The lowest BCUT2D eigenvalue weighted by Gasteiger charge is -2.25. The van der Waals surface area contributed by atoms with E-state index in [9.17, 15) is 9.18 Å². The Morgan fingerprint density at radius 3 is 3.00 bits per heavy atom. The molecule has 2 N–H and O–H groups in total. The summed E-state index contributed by atoms with van der Waals surface area (Å²) in [7, 11) is 0. The number of carbonyl (C=O) groups excluding carboxylic acids is 1. The van der Waals surface area contributed by atoms with Gasteiger partial charge in [-0.05, 0) is 37.1 Å². The van der Waals surface area contributed by atoms with Crippen LogP contribution in [0.2, 0.25) is 0 Å². The van der Waals surface area contributed by atoms with Crippen molar-refractivity contribution in [3.05, 3.63) is 35.6 Å². The molecule has 98 valence electrons. The first kappa shape index (κ1) is 13.0. The van der Waals surface area contributed by atoms with Crippen LogP contribution in [0.25, 0.3) is 0 Å². The molecule has 1 unspecified atom stereocenters. The minimum atomic E-state index is -0.284. The molecule has 0 bridgehead atoms. The molecule has 2 rings (SSSR count). The van der Waals surface area contributed by atoms with Gasteiger partial charge in [0.05, 0.1) is 5.41 Å². The average molecular weight is 250 g/mol. The van der Waals surface area contributed by atoms with Gasteiger partial charge in [-0.1, -0.05) is 19.1 Å². The molecule has 0 spiro atoms. The van der Waals surface area contributed by atoms with Crippen LogP contribution in [0, 0.1) is 11.2 Å². The highest BCUT2D eigenvalue weighted by molar-refractivity contribution is 5.83. The highest BCUT2D eigenvalue weighted by Crippen LogP contribution is 2.29. The van der Waals surface area contributed by atoms with Crippen LogP contribution in [0.5, 0.6) is 0 Å². The zero-order valence-corrected chi connectivity index (χ0v) is 10.6. The van der Waals surface area contributed by atoms with Crippen molar-refractivity contribution in [2.45, 2.75) is 26.3 Å². The third-order valence-electron chi connectivity index (χ3n) is 3.74. The van der Waals surface area contributed by atoms with Crippen LogP contribution >= 0.6 is 0 Å². The molecule has 3 nitrogen and oxygen atoms in total. The fourth-order valence-electron chi connectivity index (χ4n) is 2.42. The van der Waals surface area contributed by atoms with Gasteiger partial charge in [-0.3, -0.25) is 4.79 Å². The first-order valence-electron chi connectivity index (χ1n) is 6.40. The van der Waals surface area contributed by atoms with Crippen LogP contribution in [0.4, 0.5) is 4.39 Å². The van der Waals surface area contributed by atoms with Crippen LogP contribution in [0.1, 0.15) is 25.3 Å². The molecule has 1 atom stereocenters. The van der Waals surface area contributed by atoms with E-state index in [4.69, 9.17) is 0 Å².